The summed E-state index contributed by atoms with van der Waals surface area (Å²) in [4.78, 5) is 25.7. The number of aromatic amines is 1. The molecule has 1 amide bonds. The molecule has 8 heteroatoms. The summed E-state index contributed by atoms with van der Waals surface area (Å²) < 4.78 is 14.8. The van der Waals surface area contributed by atoms with Crippen molar-refractivity contribution in [3.8, 4) is 21.8 Å². The van der Waals surface area contributed by atoms with Crippen LogP contribution >= 0.6 is 11.3 Å². The van der Waals surface area contributed by atoms with Gasteiger partial charge >= 0.3 is 0 Å². The van der Waals surface area contributed by atoms with E-state index >= 15 is 0 Å². The molecule has 1 aliphatic heterocycles. The summed E-state index contributed by atoms with van der Waals surface area (Å²) >= 11 is 0.957. The zero-order chi connectivity index (χ0) is 20.2. The zero-order valence-electron chi connectivity index (χ0n) is 15.5. The average Bonchev–Trinajstić information content (AvgIpc) is 3.41. The van der Waals surface area contributed by atoms with Crippen LogP contribution in [0.5, 0.6) is 0 Å². The third-order valence-corrected chi connectivity index (χ3v) is 6.27. The molecule has 0 bridgehead atoms. The molecule has 1 atom stereocenters. The van der Waals surface area contributed by atoms with Crippen LogP contribution in [0.4, 0.5) is 4.39 Å². The van der Waals surface area contributed by atoms with Crippen LogP contribution in [0.25, 0.3) is 32.9 Å². The number of likely N-dealkylation sites (N-methyl/N-ethyl adjacent to an activating group) is 1. The normalized spacial score (nSPS) is 19.4. The molecule has 4 aromatic rings. The van der Waals surface area contributed by atoms with Crippen molar-refractivity contribution in [2.45, 2.75) is 12.0 Å². The summed E-state index contributed by atoms with van der Waals surface area (Å²) in [6.07, 6.45) is 3.76. The van der Waals surface area contributed by atoms with Gasteiger partial charge in [0.1, 0.15) is 16.3 Å². The Morgan fingerprint density at radius 1 is 1.31 bits per heavy atom. The van der Waals surface area contributed by atoms with Crippen molar-refractivity contribution in [1.29, 1.82) is 0 Å². The third kappa shape index (κ3) is 2.75. The van der Waals surface area contributed by atoms with Crippen LogP contribution in [0.3, 0.4) is 0 Å². The number of likely N-dealkylation sites (tertiary alicyclic amines) is 1. The minimum atomic E-state index is -1.58. The van der Waals surface area contributed by atoms with E-state index in [1.807, 2.05) is 12.1 Å². The summed E-state index contributed by atoms with van der Waals surface area (Å²) in [5.41, 5.74) is 1.10. The molecule has 146 valence electrons. The van der Waals surface area contributed by atoms with E-state index in [0.29, 0.717) is 34.7 Å². The molecule has 4 heterocycles. The van der Waals surface area contributed by atoms with Gasteiger partial charge in [-0.05, 0) is 23.8 Å². The van der Waals surface area contributed by atoms with Crippen LogP contribution in [0.2, 0.25) is 0 Å². The van der Waals surface area contributed by atoms with Gasteiger partial charge in [0, 0.05) is 48.9 Å². The van der Waals surface area contributed by atoms with E-state index in [2.05, 4.69) is 15.0 Å². The number of nitrogens with zero attached hydrogens (tertiary/aromatic N) is 3. The number of amides is 1. The number of H-pyrrole nitrogens is 1. The van der Waals surface area contributed by atoms with E-state index in [0.717, 1.165) is 22.3 Å². The van der Waals surface area contributed by atoms with Gasteiger partial charge in [-0.1, -0.05) is 29.5 Å². The number of aliphatic hydroxyl groups is 1. The molecule has 0 spiro atoms. The first kappa shape index (κ1) is 18.0. The minimum Gasteiger partial charge on any atom is -0.375 e. The molecule has 2 N–H and O–H groups in total. The molecule has 1 aromatic carbocycles. The van der Waals surface area contributed by atoms with Crippen LogP contribution in [-0.4, -0.2) is 44.5 Å². The van der Waals surface area contributed by atoms with Gasteiger partial charge in [0.25, 0.3) is 5.91 Å². The van der Waals surface area contributed by atoms with Crippen LogP contribution in [0.1, 0.15) is 12.0 Å². The highest BCUT2D eigenvalue weighted by Crippen LogP contribution is 2.38. The van der Waals surface area contributed by atoms with Gasteiger partial charge in [0.15, 0.2) is 5.60 Å². The number of aromatic nitrogens is 3. The Hall–Kier alpha value is -3.10. The Kier molecular flexibility index (Phi) is 4.01. The van der Waals surface area contributed by atoms with Crippen molar-refractivity contribution >= 4 is 28.3 Å². The Balaban J connectivity index is 1.57. The summed E-state index contributed by atoms with van der Waals surface area (Å²) in [5, 5.41) is 11.9. The minimum absolute atomic E-state index is 0.201. The maximum absolute atomic E-state index is 14.8. The van der Waals surface area contributed by atoms with Gasteiger partial charge in [0.05, 0.1) is 0 Å². The molecule has 1 aliphatic rings. The molecule has 6 nitrogen and oxygen atoms in total. The number of hydrogen-bond donors (Lipinski definition) is 2. The number of thiazole rings is 1. The van der Waals surface area contributed by atoms with Crippen molar-refractivity contribution in [3.05, 3.63) is 59.5 Å². The predicted molar refractivity (Wildman–Crippen MR) is 109 cm³/mol. The lowest BCUT2D eigenvalue weighted by atomic mass is 9.90. The van der Waals surface area contributed by atoms with E-state index in [-0.39, 0.29) is 11.6 Å². The van der Waals surface area contributed by atoms with Gasteiger partial charge in [-0.3, -0.25) is 4.79 Å². The first-order valence-corrected chi connectivity index (χ1v) is 9.97. The monoisotopic (exact) mass is 408 g/mol. The van der Waals surface area contributed by atoms with E-state index in [1.165, 1.54) is 4.90 Å². The number of pyridine rings is 1. The van der Waals surface area contributed by atoms with Crippen molar-refractivity contribution < 1.29 is 14.3 Å². The maximum atomic E-state index is 14.8. The predicted octanol–water partition coefficient (Wildman–Crippen LogP) is 3.54. The van der Waals surface area contributed by atoms with Crippen molar-refractivity contribution in [2.24, 2.45) is 0 Å². The smallest absolute Gasteiger partial charge is 0.258 e. The van der Waals surface area contributed by atoms with Gasteiger partial charge in [-0.25, -0.2) is 9.97 Å². The number of benzene rings is 1. The lowest BCUT2D eigenvalue weighted by Crippen LogP contribution is -2.36. The van der Waals surface area contributed by atoms with Crippen molar-refractivity contribution in [2.75, 3.05) is 13.6 Å². The molecular formula is C21H17FN4O2S. The Morgan fingerprint density at radius 3 is 2.97 bits per heavy atom. The number of halogens is 1. The molecular weight excluding hydrogens is 391 g/mol. The average molecular weight is 408 g/mol. The van der Waals surface area contributed by atoms with E-state index < -0.39 is 10.7 Å². The molecule has 0 aliphatic carbocycles. The van der Waals surface area contributed by atoms with Gasteiger partial charge in [0.2, 0.25) is 5.13 Å². The summed E-state index contributed by atoms with van der Waals surface area (Å²) in [5.74, 6) is -0.347. The second kappa shape index (κ2) is 6.47. The molecule has 29 heavy (non-hydrogen) atoms. The van der Waals surface area contributed by atoms with Crippen molar-refractivity contribution in [1.82, 2.24) is 19.9 Å². The Bertz CT molecular complexity index is 1250. The highest BCUT2D eigenvalue weighted by Gasteiger charge is 2.45. The molecule has 5 rings (SSSR count). The SMILES string of the molecule is CN1CCC(O)(c2cccc(-c3nc(-c4c[nH]c5ncccc45)sc3F)c2)C1=O. The topological polar surface area (TPSA) is 82.1 Å². The first-order valence-electron chi connectivity index (χ1n) is 9.15. The van der Waals surface area contributed by atoms with E-state index in [9.17, 15) is 14.3 Å². The fourth-order valence-corrected chi connectivity index (χ4v) is 4.62. The standard InChI is InChI=1S/C21H17FN4O2S/c1-26-9-7-21(28,20(26)27)13-5-2-4-12(10-13)16-17(22)29-19(25-16)15-11-24-18-14(15)6-3-8-23-18/h2-6,8,10-11,28H,7,9H2,1H3,(H,23,24). The van der Waals surface area contributed by atoms with Crippen LogP contribution < -0.4 is 0 Å². The van der Waals surface area contributed by atoms with E-state index in [4.69, 9.17) is 0 Å². The fraction of sp³-hybridized carbons (Fsp3) is 0.190. The second-order valence-electron chi connectivity index (χ2n) is 7.16. The first-order chi connectivity index (χ1) is 14.0. The lowest BCUT2D eigenvalue weighted by Gasteiger charge is -2.21. The number of hydrogen-bond acceptors (Lipinski definition) is 5. The van der Waals surface area contributed by atoms with Crippen LogP contribution in [-0.2, 0) is 10.4 Å². The van der Waals surface area contributed by atoms with Gasteiger partial charge in [-0.15, -0.1) is 0 Å². The number of nitrogens with one attached hydrogen (secondary N) is 1. The summed E-state index contributed by atoms with van der Waals surface area (Å²) in [6, 6.07) is 10.5. The fourth-order valence-electron chi connectivity index (χ4n) is 3.77. The van der Waals surface area contributed by atoms with Crippen LogP contribution in [0.15, 0.2) is 48.8 Å². The molecule has 3 aromatic heterocycles. The highest BCUT2D eigenvalue weighted by molar-refractivity contribution is 7.13. The van der Waals surface area contributed by atoms with E-state index in [1.54, 1.807) is 43.7 Å². The summed E-state index contributed by atoms with van der Waals surface area (Å²) in [6.45, 7) is 0.476. The maximum Gasteiger partial charge on any atom is 0.258 e. The third-order valence-electron chi connectivity index (χ3n) is 5.39. The van der Waals surface area contributed by atoms with Crippen LogP contribution in [0, 0.1) is 5.13 Å². The number of carbonyl (C=O) groups is 1. The van der Waals surface area contributed by atoms with Gasteiger partial charge < -0.3 is 15.0 Å². The second-order valence-corrected chi connectivity index (χ2v) is 8.11. The molecule has 1 fully saturated rings. The molecule has 1 saturated heterocycles. The number of carbonyl (C=O) groups excluding carboxylic acids is 1. The molecule has 1 unspecified atom stereocenters. The molecule has 0 saturated carbocycles. The number of fused-ring (bicyclic) bond motifs is 1. The molecule has 0 radical (unpaired) electrons. The van der Waals surface area contributed by atoms with Crippen molar-refractivity contribution in [3.63, 3.8) is 0 Å². The Labute approximate surface area is 169 Å². The highest BCUT2D eigenvalue weighted by atomic mass is 32.1. The zero-order valence-corrected chi connectivity index (χ0v) is 16.3. The largest absolute Gasteiger partial charge is 0.375 e. The summed E-state index contributed by atoms with van der Waals surface area (Å²) in [7, 11) is 1.66. The van der Waals surface area contributed by atoms with Gasteiger partial charge in [-0.2, -0.15) is 4.39 Å². The Morgan fingerprint density at radius 2 is 2.17 bits per heavy atom. The number of rotatable bonds is 3. The quantitative estimate of drug-likeness (QED) is 0.543. The lowest BCUT2D eigenvalue weighted by molar-refractivity contribution is -0.143.